The predicted molar refractivity (Wildman–Crippen MR) is 217 cm³/mol. The fourth-order valence-electron chi connectivity index (χ4n) is 7.83. The summed E-state index contributed by atoms with van der Waals surface area (Å²) in [5.74, 6) is -0.182. The number of pyridine rings is 2. The summed E-state index contributed by atoms with van der Waals surface area (Å²) in [4.78, 5) is 68.0. The summed E-state index contributed by atoms with van der Waals surface area (Å²) in [6.45, 7) is 6.75. The monoisotopic (exact) mass is 835 g/mol. The Morgan fingerprint density at radius 3 is 2.48 bits per heavy atom. The lowest BCUT2D eigenvalue weighted by Gasteiger charge is -2.38. The zero-order chi connectivity index (χ0) is 40.8. The van der Waals surface area contributed by atoms with Gasteiger partial charge >= 0.3 is 6.03 Å². The maximum absolute atomic E-state index is 13.2. The smallest absolute Gasteiger partial charge is 0.323 e. The number of aromatic nitrogens is 5. The van der Waals surface area contributed by atoms with Gasteiger partial charge in [0.25, 0.3) is 0 Å². The molecule has 19 heteroatoms. The normalized spacial score (nSPS) is 18.8. The third kappa shape index (κ3) is 9.94. The zero-order valence-electron chi connectivity index (χ0n) is 32.4. The van der Waals surface area contributed by atoms with Gasteiger partial charge in [0.05, 0.1) is 53.1 Å². The highest BCUT2D eigenvalue weighted by Gasteiger charge is 2.31. The molecule has 4 aromatic rings. The molecule has 0 aliphatic carbocycles. The predicted octanol–water partition coefficient (Wildman–Crippen LogP) is 4.82. The van der Waals surface area contributed by atoms with Crippen molar-refractivity contribution in [1.29, 1.82) is 0 Å². The Kier molecular flexibility index (Phi) is 13.2. The van der Waals surface area contributed by atoms with E-state index >= 15 is 0 Å². The van der Waals surface area contributed by atoms with Gasteiger partial charge < -0.3 is 35.2 Å². The topological polar surface area (TPSA) is 197 Å². The summed E-state index contributed by atoms with van der Waals surface area (Å²) in [6.07, 6.45) is 10.6. The van der Waals surface area contributed by atoms with Gasteiger partial charge in [-0.25, -0.2) is 19.3 Å². The Morgan fingerprint density at radius 1 is 0.948 bits per heavy atom. The third-order valence-corrected chi connectivity index (χ3v) is 11.4. The van der Waals surface area contributed by atoms with Crippen molar-refractivity contribution in [3.63, 3.8) is 0 Å². The minimum Gasteiger partial charge on any atom is -0.474 e. The largest absolute Gasteiger partial charge is 0.474 e. The van der Waals surface area contributed by atoms with Crippen LogP contribution in [-0.2, 0) is 19.1 Å². The number of carbonyl (C=O) groups excluding carboxylic acids is 4. The van der Waals surface area contributed by atoms with Crippen molar-refractivity contribution in [1.82, 2.24) is 40.1 Å². The number of carbonyl (C=O) groups is 4. The number of hydrogen-bond donors (Lipinski definition) is 4. The molecule has 308 valence electrons. The van der Waals surface area contributed by atoms with Crippen molar-refractivity contribution in [2.24, 2.45) is 11.8 Å². The number of amides is 5. The lowest BCUT2D eigenvalue weighted by molar-refractivity contribution is -0.134. The quantitative estimate of drug-likeness (QED) is 0.106. The van der Waals surface area contributed by atoms with Crippen LogP contribution in [0.4, 0.5) is 21.9 Å². The Hall–Kier alpha value is -5.10. The highest BCUT2D eigenvalue weighted by molar-refractivity contribution is 6.31. The van der Waals surface area contributed by atoms with Gasteiger partial charge in [-0.05, 0) is 75.7 Å². The summed E-state index contributed by atoms with van der Waals surface area (Å²) in [7, 11) is 1.54. The molecule has 4 aromatic heterocycles. The second-order valence-electron chi connectivity index (χ2n) is 14.9. The fraction of sp³-hybridized carbons (Fsp3) is 0.487. The molecule has 0 spiro atoms. The molecule has 3 aliphatic rings. The first kappa shape index (κ1) is 41.1. The van der Waals surface area contributed by atoms with Crippen LogP contribution in [0.25, 0.3) is 5.65 Å². The van der Waals surface area contributed by atoms with Gasteiger partial charge in [-0.1, -0.05) is 23.2 Å². The first-order valence-electron chi connectivity index (χ1n) is 19.5. The van der Waals surface area contributed by atoms with Crippen molar-refractivity contribution in [3.8, 4) is 5.88 Å². The van der Waals surface area contributed by atoms with E-state index in [2.05, 4.69) is 51.1 Å². The molecular formula is C39H47Cl2N11O6. The van der Waals surface area contributed by atoms with Crippen LogP contribution in [-0.4, -0.2) is 106 Å². The average molecular weight is 837 g/mol. The second kappa shape index (κ2) is 18.7. The summed E-state index contributed by atoms with van der Waals surface area (Å²) in [6, 6.07) is 4.57. The van der Waals surface area contributed by atoms with Gasteiger partial charge in [0.2, 0.25) is 23.6 Å². The number of nitrogens with one attached hydrogen (secondary N) is 4. The number of nitrogens with zero attached hydrogens (tertiary/aromatic N) is 7. The van der Waals surface area contributed by atoms with Gasteiger partial charge in [-0.3, -0.25) is 24.7 Å². The molecule has 1 unspecified atom stereocenters. The summed E-state index contributed by atoms with van der Waals surface area (Å²) < 4.78 is 12.9. The van der Waals surface area contributed by atoms with Crippen molar-refractivity contribution in [2.45, 2.75) is 57.5 Å². The number of imide groups is 1. The number of piperidine rings is 3. The van der Waals surface area contributed by atoms with Gasteiger partial charge in [0.1, 0.15) is 12.3 Å². The molecule has 17 nitrogen and oxygen atoms in total. The highest BCUT2D eigenvalue weighted by atomic mass is 35.5. The van der Waals surface area contributed by atoms with Crippen molar-refractivity contribution in [2.75, 3.05) is 68.5 Å². The van der Waals surface area contributed by atoms with Gasteiger partial charge in [-0.2, -0.15) is 5.10 Å². The number of hydrogen-bond acceptors (Lipinski definition) is 12. The highest BCUT2D eigenvalue weighted by Crippen LogP contribution is 2.31. The number of halogens is 2. The van der Waals surface area contributed by atoms with Crippen LogP contribution in [0.3, 0.4) is 0 Å². The van der Waals surface area contributed by atoms with Crippen LogP contribution in [0.2, 0.25) is 10.2 Å². The molecule has 2 atom stereocenters. The number of anilines is 3. The number of methoxy groups -OCH3 is 1. The Morgan fingerprint density at radius 2 is 1.72 bits per heavy atom. The average Bonchev–Trinajstić information content (AvgIpc) is 3.60. The zero-order valence-corrected chi connectivity index (χ0v) is 33.9. The Balaban J connectivity index is 0.826. The Labute approximate surface area is 345 Å². The van der Waals surface area contributed by atoms with Crippen LogP contribution < -0.4 is 30.9 Å². The molecule has 5 amide bonds. The molecule has 0 bridgehead atoms. The lowest BCUT2D eigenvalue weighted by Crippen LogP contribution is -2.44. The molecular weight excluding hydrogens is 789 g/mol. The molecule has 0 aromatic carbocycles. The fourth-order valence-corrected chi connectivity index (χ4v) is 8.16. The molecule has 3 fully saturated rings. The maximum Gasteiger partial charge on any atom is 0.323 e. The molecule has 0 saturated carbocycles. The number of ether oxygens (including phenoxy) is 2. The van der Waals surface area contributed by atoms with E-state index < -0.39 is 12.1 Å². The number of urea groups is 1. The van der Waals surface area contributed by atoms with Crippen molar-refractivity contribution < 1.29 is 28.7 Å². The standard InChI is InChI=1S/C39H47Cl2N11O6/c1-23(57-2)35-31(21-44-33-17-32(41)49-52(33)35)47-39(56)46-30-16-27(40)19-45-38(30)58-14-9-43-36(54)25-7-10-50(11-8-25)22-24-5-12-51(13-6-24)28-15-26(18-42-20-28)29-3-4-34(53)48-37(29)55/h15-21,23-25,29H,3-14,22H2,1-2H3,(H,43,54)(H2,46,47,56)(H,48,53,55)/t23-,29?/m0/s1. The summed E-state index contributed by atoms with van der Waals surface area (Å²) in [5.41, 5.74) is 3.50. The third-order valence-electron chi connectivity index (χ3n) is 11.0. The van der Waals surface area contributed by atoms with E-state index in [0.717, 1.165) is 69.7 Å². The van der Waals surface area contributed by atoms with Crippen LogP contribution in [0, 0.1) is 11.8 Å². The minimum atomic E-state index is -0.602. The van der Waals surface area contributed by atoms with Crippen LogP contribution in [0.15, 0.2) is 43.0 Å². The number of likely N-dealkylation sites (tertiary alicyclic amines) is 1. The summed E-state index contributed by atoms with van der Waals surface area (Å²) in [5, 5.41) is 15.8. The van der Waals surface area contributed by atoms with Crippen molar-refractivity contribution in [3.05, 3.63) is 64.4 Å². The number of rotatable bonds is 13. The number of fused-ring (bicyclic) bond motifs is 1. The van der Waals surface area contributed by atoms with E-state index in [1.54, 1.807) is 19.4 Å². The molecule has 7 rings (SSSR count). The van der Waals surface area contributed by atoms with Crippen LogP contribution in [0.5, 0.6) is 5.88 Å². The van der Waals surface area contributed by atoms with E-state index in [1.165, 1.54) is 23.0 Å². The maximum atomic E-state index is 13.2. The molecule has 4 N–H and O–H groups in total. The molecule has 3 aliphatic heterocycles. The molecule has 7 heterocycles. The van der Waals surface area contributed by atoms with E-state index in [1.807, 2.05) is 19.2 Å². The molecule has 3 saturated heterocycles. The summed E-state index contributed by atoms with van der Waals surface area (Å²) >= 11 is 12.3. The van der Waals surface area contributed by atoms with Gasteiger partial charge in [0, 0.05) is 57.5 Å². The SMILES string of the molecule is CO[C@@H](C)c1c(NC(=O)Nc2cc(Cl)cnc2OCCNC(=O)C2CCN(CC3CCN(c4cncc(C5CCC(=O)NC5=O)c4)CC3)CC2)cnc2cc(Cl)nn12. The molecule has 0 radical (unpaired) electrons. The van der Waals surface area contributed by atoms with Crippen LogP contribution >= 0.6 is 23.2 Å². The van der Waals surface area contributed by atoms with E-state index in [0.29, 0.717) is 40.8 Å². The second-order valence-corrected chi connectivity index (χ2v) is 15.7. The van der Waals surface area contributed by atoms with Crippen LogP contribution in [0.1, 0.15) is 68.7 Å². The van der Waals surface area contributed by atoms with E-state index in [-0.39, 0.29) is 59.4 Å². The first-order chi connectivity index (χ1) is 28.0. The van der Waals surface area contributed by atoms with E-state index in [4.69, 9.17) is 32.7 Å². The van der Waals surface area contributed by atoms with Gasteiger partial charge in [-0.15, -0.1) is 0 Å². The van der Waals surface area contributed by atoms with Crippen molar-refractivity contribution >= 4 is 69.7 Å². The first-order valence-corrected chi connectivity index (χ1v) is 20.3. The van der Waals surface area contributed by atoms with Gasteiger partial charge in [0.15, 0.2) is 10.8 Å². The van der Waals surface area contributed by atoms with E-state index in [9.17, 15) is 19.2 Å². The lowest BCUT2D eigenvalue weighted by atomic mass is 9.90. The minimum absolute atomic E-state index is 0.00311. The Bertz CT molecular complexity index is 2140. The molecule has 58 heavy (non-hydrogen) atoms.